The Morgan fingerprint density at radius 1 is 1.33 bits per heavy atom. The molecule has 0 N–H and O–H groups in total. The maximum atomic E-state index is 12.4. The number of para-hydroxylation sites is 2. The summed E-state index contributed by atoms with van der Waals surface area (Å²) >= 11 is 1.12. The van der Waals surface area contributed by atoms with Crippen LogP contribution in [0.1, 0.15) is 32.1 Å². The standard InChI is InChI=1S/C19H21N3O4S/c1-22(19(13-20)9-5-2-6-10-19)16(23)11-25-17(24)12-27-18-21-14-7-3-4-8-15(14)26-18/h3-4,7-8H,2,5-6,9-12H2,1H3. The van der Waals surface area contributed by atoms with Crippen LogP contribution in [0.3, 0.4) is 0 Å². The van der Waals surface area contributed by atoms with Gasteiger partial charge in [0.05, 0.1) is 6.07 Å². The highest BCUT2D eigenvalue weighted by molar-refractivity contribution is 7.99. The maximum Gasteiger partial charge on any atom is 0.316 e. The molecule has 1 aliphatic rings. The lowest BCUT2D eigenvalue weighted by atomic mass is 9.81. The lowest BCUT2D eigenvalue weighted by Gasteiger charge is -2.38. The van der Waals surface area contributed by atoms with Gasteiger partial charge in [0.25, 0.3) is 11.1 Å². The second-order valence-electron chi connectivity index (χ2n) is 6.55. The monoisotopic (exact) mass is 387 g/mol. The molecule has 7 nitrogen and oxygen atoms in total. The predicted molar refractivity (Wildman–Crippen MR) is 99.9 cm³/mol. The van der Waals surface area contributed by atoms with Gasteiger partial charge in [0.15, 0.2) is 12.2 Å². The number of hydrogen-bond acceptors (Lipinski definition) is 7. The summed E-state index contributed by atoms with van der Waals surface area (Å²) in [6.07, 6.45) is 4.24. The average molecular weight is 387 g/mol. The molecule has 142 valence electrons. The molecule has 1 heterocycles. The van der Waals surface area contributed by atoms with E-state index in [4.69, 9.17) is 9.15 Å². The van der Waals surface area contributed by atoms with Gasteiger partial charge in [-0.3, -0.25) is 9.59 Å². The van der Waals surface area contributed by atoms with E-state index in [1.165, 1.54) is 4.90 Å². The van der Waals surface area contributed by atoms with Crippen molar-refractivity contribution in [2.75, 3.05) is 19.4 Å². The summed E-state index contributed by atoms with van der Waals surface area (Å²) in [6.45, 7) is -0.368. The van der Waals surface area contributed by atoms with Crippen molar-refractivity contribution < 1.29 is 18.7 Å². The number of carbonyl (C=O) groups is 2. The van der Waals surface area contributed by atoms with Crippen molar-refractivity contribution in [3.63, 3.8) is 0 Å². The highest BCUT2D eigenvalue weighted by Gasteiger charge is 2.38. The first-order valence-corrected chi connectivity index (χ1v) is 9.84. The van der Waals surface area contributed by atoms with Gasteiger partial charge in [-0.15, -0.1) is 0 Å². The zero-order chi connectivity index (χ0) is 19.3. The second-order valence-corrected chi connectivity index (χ2v) is 7.48. The zero-order valence-electron chi connectivity index (χ0n) is 15.1. The lowest BCUT2D eigenvalue weighted by Crippen LogP contribution is -2.51. The summed E-state index contributed by atoms with van der Waals surface area (Å²) in [6, 6.07) is 9.61. The highest BCUT2D eigenvalue weighted by Crippen LogP contribution is 2.32. The van der Waals surface area contributed by atoms with Crippen LogP contribution in [0.25, 0.3) is 11.1 Å². The molecule has 1 aliphatic carbocycles. The van der Waals surface area contributed by atoms with Crippen LogP contribution in [0.15, 0.2) is 33.9 Å². The predicted octanol–water partition coefficient (Wildman–Crippen LogP) is 3.15. The van der Waals surface area contributed by atoms with Gasteiger partial charge in [-0.25, -0.2) is 4.98 Å². The Morgan fingerprint density at radius 3 is 2.78 bits per heavy atom. The van der Waals surface area contributed by atoms with E-state index in [-0.39, 0.29) is 18.3 Å². The number of thioether (sulfide) groups is 1. The number of nitriles is 1. The first kappa shape index (κ1) is 19.2. The molecule has 0 saturated heterocycles. The molecule has 2 aromatic rings. The minimum Gasteiger partial charge on any atom is -0.455 e. The van der Waals surface area contributed by atoms with E-state index in [9.17, 15) is 14.9 Å². The molecule has 1 aromatic carbocycles. The molecule has 27 heavy (non-hydrogen) atoms. The van der Waals surface area contributed by atoms with E-state index < -0.39 is 11.5 Å². The van der Waals surface area contributed by atoms with Crippen molar-refractivity contribution in [2.45, 2.75) is 42.9 Å². The fourth-order valence-electron chi connectivity index (χ4n) is 3.21. The van der Waals surface area contributed by atoms with E-state index in [0.717, 1.165) is 36.5 Å². The summed E-state index contributed by atoms with van der Waals surface area (Å²) in [4.78, 5) is 30.0. The van der Waals surface area contributed by atoms with Crippen LogP contribution in [0.4, 0.5) is 0 Å². The smallest absolute Gasteiger partial charge is 0.316 e. The van der Waals surface area contributed by atoms with Crippen LogP contribution in [-0.2, 0) is 14.3 Å². The van der Waals surface area contributed by atoms with Gasteiger partial charge < -0.3 is 14.1 Å². The molecular formula is C19H21N3O4S. The SMILES string of the molecule is CN(C(=O)COC(=O)CSc1nc2ccccc2o1)C1(C#N)CCCCC1. The van der Waals surface area contributed by atoms with Crippen LogP contribution in [0.5, 0.6) is 0 Å². The first-order valence-electron chi connectivity index (χ1n) is 8.86. The number of esters is 1. The van der Waals surface area contributed by atoms with Crippen molar-refractivity contribution in [3.8, 4) is 6.07 Å². The molecule has 1 amide bonds. The molecule has 0 atom stereocenters. The first-order chi connectivity index (χ1) is 13.0. The van der Waals surface area contributed by atoms with Gasteiger partial charge >= 0.3 is 5.97 Å². The number of rotatable bonds is 6. The molecule has 0 bridgehead atoms. The Labute approximate surface area is 161 Å². The molecule has 0 radical (unpaired) electrons. The summed E-state index contributed by atoms with van der Waals surface area (Å²) in [7, 11) is 1.61. The normalized spacial score (nSPS) is 15.9. The minimum absolute atomic E-state index is 0.00674. The number of benzene rings is 1. The van der Waals surface area contributed by atoms with Gasteiger partial charge in [-0.05, 0) is 25.0 Å². The third-order valence-corrected chi connectivity index (χ3v) is 5.65. The van der Waals surface area contributed by atoms with Crippen LogP contribution in [0, 0.1) is 11.3 Å². The quantitative estimate of drug-likeness (QED) is 0.555. The van der Waals surface area contributed by atoms with Gasteiger partial charge in [0.2, 0.25) is 0 Å². The molecule has 8 heteroatoms. The second kappa shape index (κ2) is 8.44. The highest BCUT2D eigenvalue weighted by atomic mass is 32.2. The third kappa shape index (κ3) is 4.42. The minimum atomic E-state index is -0.783. The van der Waals surface area contributed by atoms with Crippen molar-refractivity contribution in [2.24, 2.45) is 0 Å². The van der Waals surface area contributed by atoms with Crippen molar-refractivity contribution in [1.82, 2.24) is 9.88 Å². The van der Waals surface area contributed by atoms with Crippen LogP contribution < -0.4 is 0 Å². The molecule has 0 spiro atoms. The zero-order valence-corrected chi connectivity index (χ0v) is 16.0. The Hall–Kier alpha value is -2.53. The van der Waals surface area contributed by atoms with Crippen molar-refractivity contribution in [3.05, 3.63) is 24.3 Å². The molecule has 1 saturated carbocycles. The van der Waals surface area contributed by atoms with E-state index in [1.807, 2.05) is 18.2 Å². The van der Waals surface area contributed by atoms with E-state index in [1.54, 1.807) is 13.1 Å². The molecule has 0 unspecified atom stereocenters. The number of aromatic nitrogens is 1. The van der Waals surface area contributed by atoms with Crippen molar-refractivity contribution >= 4 is 34.7 Å². The number of nitrogens with zero attached hydrogens (tertiary/aromatic N) is 3. The van der Waals surface area contributed by atoms with E-state index >= 15 is 0 Å². The van der Waals surface area contributed by atoms with Gasteiger partial charge in [0, 0.05) is 7.05 Å². The lowest BCUT2D eigenvalue weighted by molar-refractivity contribution is -0.151. The number of ether oxygens (including phenoxy) is 1. The molecule has 0 aliphatic heterocycles. The Balaban J connectivity index is 1.48. The van der Waals surface area contributed by atoms with E-state index in [2.05, 4.69) is 11.1 Å². The molecular weight excluding hydrogens is 366 g/mol. The summed E-state index contributed by atoms with van der Waals surface area (Å²) in [5.74, 6) is -0.898. The van der Waals surface area contributed by atoms with Gasteiger partial charge in [0.1, 0.15) is 16.8 Å². The van der Waals surface area contributed by atoms with Gasteiger partial charge in [-0.1, -0.05) is 43.2 Å². The largest absolute Gasteiger partial charge is 0.455 e. The Morgan fingerprint density at radius 2 is 2.07 bits per heavy atom. The third-order valence-electron chi connectivity index (χ3n) is 4.85. The fraction of sp³-hybridized carbons (Fsp3) is 0.474. The number of hydrogen-bond donors (Lipinski definition) is 0. The average Bonchev–Trinajstić information content (AvgIpc) is 3.13. The van der Waals surface area contributed by atoms with Crippen LogP contribution in [-0.4, -0.2) is 46.7 Å². The van der Waals surface area contributed by atoms with Crippen LogP contribution in [0.2, 0.25) is 0 Å². The number of likely N-dealkylation sites (N-methyl/N-ethyl adjacent to an activating group) is 1. The van der Waals surface area contributed by atoms with Gasteiger partial charge in [-0.2, -0.15) is 5.26 Å². The van der Waals surface area contributed by atoms with E-state index in [0.29, 0.717) is 23.6 Å². The molecule has 3 rings (SSSR count). The summed E-state index contributed by atoms with van der Waals surface area (Å²) < 4.78 is 10.6. The number of oxazole rings is 1. The number of fused-ring (bicyclic) bond motifs is 1. The Kier molecular flexibility index (Phi) is 6.01. The van der Waals surface area contributed by atoms with Crippen LogP contribution >= 0.6 is 11.8 Å². The summed E-state index contributed by atoms with van der Waals surface area (Å²) in [5, 5.41) is 9.91. The number of amides is 1. The molecule has 1 aromatic heterocycles. The summed E-state index contributed by atoms with van der Waals surface area (Å²) in [5.41, 5.74) is 0.591. The topological polar surface area (TPSA) is 96.4 Å². The van der Waals surface area contributed by atoms with Crippen molar-refractivity contribution in [1.29, 1.82) is 5.26 Å². The Bertz CT molecular complexity index is 834. The maximum absolute atomic E-state index is 12.4. The fourth-order valence-corrected chi connectivity index (χ4v) is 3.85. The molecule has 1 fully saturated rings. The number of carbonyl (C=O) groups excluding carboxylic acids is 2.